The van der Waals surface area contributed by atoms with Crippen molar-refractivity contribution in [3.05, 3.63) is 60.2 Å². The zero-order valence-corrected chi connectivity index (χ0v) is 12.2. The molecule has 0 amide bonds. The molecule has 20 heavy (non-hydrogen) atoms. The minimum absolute atomic E-state index is 0.275. The highest BCUT2D eigenvalue weighted by Crippen LogP contribution is 2.16. The lowest BCUT2D eigenvalue weighted by atomic mass is 10.2. The van der Waals surface area contributed by atoms with E-state index in [9.17, 15) is 8.42 Å². The number of rotatable bonds is 6. The summed E-state index contributed by atoms with van der Waals surface area (Å²) >= 11 is 0. The fourth-order valence-corrected chi connectivity index (χ4v) is 2.94. The Bertz CT molecular complexity index is 655. The average molecular weight is 290 g/mol. The predicted octanol–water partition coefficient (Wildman–Crippen LogP) is 2.60. The fraction of sp³-hybridized carbons (Fsp3) is 0.200. The number of anilines is 1. The first kappa shape index (κ1) is 14.6. The van der Waals surface area contributed by atoms with Crippen LogP contribution in [-0.4, -0.2) is 15.0 Å². The molecule has 4 nitrogen and oxygen atoms in total. The van der Waals surface area contributed by atoms with E-state index in [1.807, 2.05) is 19.1 Å². The summed E-state index contributed by atoms with van der Waals surface area (Å²) in [4.78, 5) is 0.275. The molecule has 0 aliphatic heterocycles. The van der Waals surface area contributed by atoms with Gasteiger partial charge in [-0.25, -0.2) is 8.42 Å². The number of sulfonamides is 1. The van der Waals surface area contributed by atoms with Crippen molar-refractivity contribution in [3.8, 4) is 0 Å². The summed E-state index contributed by atoms with van der Waals surface area (Å²) in [5.41, 5.74) is 1.51. The van der Waals surface area contributed by atoms with Crippen LogP contribution in [0.5, 0.6) is 0 Å². The lowest BCUT2D eigenvalue weighted by Crippen LogP contribution is -2.15. The molecule has 0 atom stereocenters. The van der Waals surface area contributed by atoms with Crippen LogP contribution in [0, 0.1) is 0 Å². The second-order valence-corrected chi connectivity index (χ2v) is 6.08. The zero-order chi connectivity index (χ0) is 14.4. The molecule has 106 valence electrons. The maximum atomic E-state index is 12.3. The Balaban J connectivity index is 2.21. The van der Waals surface area contributed by atoms with Crippen molar-refractivity contribution in [1.29, 1.82) is 0 Å². The lowest BCUT2D eigenvalue weighted by molar-refractivity contribution is 0.601. The highest BCUT2D eigenvalue weighted by Gasteiger charge is 2.14. The molecule has 0 heterocycles. The summed E-state index contributed by atoms with van der Waals surface area (Å²) in [7, 11) is -3.54. The molecule has 5 heteroatoms. The van der Waals surface area contributed by atoms with Gasteiger partial charge >= 0.3 is 0 Å². The van der Waals surface area contributed by atoms with E-state index in [0.29, 0.717) is 12.2 Å². The fourth-order valence-electron chi connectivity index (χ4n) is 1.81. The van der Waals surface area contributed by atoms with E-state index in [1.54, 1.807) is 42.5 Å². The van der Waals surface area contributed by atoms with Crippen LogP contribution in [0.3, 0.4) is 0 Å². The van der Waals surface area contributed by atoms with Gasteiger partial charge in [-0.05, 0) is 36.4 Å². The largest absolute Gasteiger partial charge is 0.313 e. The van der Waals surface area contributed by atoms with E-state index in [-0.39, 0.29) is 4.90 Å². The van der Waals surface area contributed by atoms with Gasteiger partial charge < -0.3 is 5.32 Å². The van der Waals surface area contributed by atoms with Crippen molar-refractivity contribution >= 4 is 15.7 Å². The Morgan fingerprint density at radius 2 is 1.75 bits per heavy atom. The number of hydrogen-bond acceptors (Lipinski definition) is 3. The van der Waals surface area contributed by atoms with Crippen molar-refractivity contribution < 1.29 is 8.42 Å². The topological polar surface area (TPSA) is 58.2 Å². The summed E-state index contributed by atoms with van der Waals surface area (Å²) in [6, 6.07) is 15.8. The van der Waals surface area contributed by atoms with E-state index in [0.717, 1.165) is 12.1 Å². The van der Waals surface area contributed by atoms with Crippen LogP contribution in [0.2, 0.25) is 0 Å². The monoisotopic (exact) mass is 290 g/mol. The molecule has 0 spiro atoms. The van der Waals surface area contributed by atoms with Gasteiger partial charge in [0, 0.05) is 12.2 Å². The van der Waals surface area contributed by atoms with Gasteiger partial charge in [-0.3, -0.25) is 4.72 Å². The molecule has 2 N–H and O–H groups in total. The molecule has 0 unspecified atom stereocenters. The van der Waals surface area contributed by atoms with Crippen LogP contribution in [0.25, 0.3) is 0 Å². The van der Waals surface area contributed by atoms with Crippen molar-refractivity contribution in [2.45, 2.75) is 18.4 Å². The third kappa shape index (κ3) is 3.82. The quantitative estimate of drug-likeness (QED) is 0.859. The van der Waals surface area contributed by atoms with Crippen LogP contribution in [0.15, 0.2) is 59.5 Å². The first-order chi connectivity index (χ1) is 9.62. The molecule has 0 aromatic heterocycles. The summed E-state index contributed by atoms with van der Waals surface area (Å²) in [5, 5.41) is 3.18. The highest BCUT2D eigenvalue weighted by atomic mass is 32.2. The van der Waals surface area contributed by atoms with Gasteiger partial charge in [0.15, 0.2) is 0 Å². The van der Waals surface area contributed by atoms with Crippen molar-refractivity contribution in [2.24, 2.45) is 0 Å². The van der Waals surface area contributed by atoms with Gasteiger partial charge in [0.05, 0.1) is 4.90 Å². The van der Waals surface area contributed by atoms with Crippen LogP contribution in [0.1, 0.15) is 12.5 Å². The molecule has 2 aromatic carbocycles. The third-order valence-corrected chi connectivity index (χ3v) is 4.19. The molecule has 0 fully saturated rings. The number of nitrogens with one attached hydrogen (secondary N) is 2. The van der Waals surface area contributed by atoms with Gasteiger partial charge in [-0.1, -0.05) is 37.3 Å². The molecule has 0 aliphatic rings. The maximum absolute atomic E-state index is 12.3. The molecular weight excluding hydrogens is 272 g/mol. The molecular formula is C15H18N2O2S. The SMILES string of the molecule is CCNCc1cccc(S(=O)(=O)Nc2ccccc2)c1. The van der Waals surface area contributed by atoms with Crippen LogP contribution < -0.4 is 10.0 Å². The summed E-state index contributed by atoms with van der Waals surface area (Å²) in [6.45, 7) is 3.52. The summed E-state index contributed by atoms with van der Waals surface area (Å²) in [6.07, 6.45) is 0. The van der Waals surface area contributed by atoms with Gasteiger partial charge in [-0.2, -0.15) is 0 Å². The lowest BCUT2D eigenvalue weighted by Gasteiger charge is -2.09. The smallest absolute Gasteiger partial charge is 0.261 e. The van der Waals surface area contributed by atoms with E-state index in [4.69, 9.17) is 0 Å². The molecule has 0 saturated carbocycles. The summed E-state index contributed by atoms with van der Waals surface area (Å²) in [5.74, 6) is 0. The minimum Gasteiger partial charge on any atom is -0.313 e. The van der Waals surface area contributed by atoms with Gasteiger partial charge in [0.2, 0.25) is 0 Å². The standard InChI is InChI=1S/C15H18N2O2S/c1-2-16-12-13-7-6-10-15(11-13)20(18,19)17-14-8-4-3-5-9-14/h3-11,16-17H,2,12H2,1H3. The van der Waals surface area contributed by atoms with Gasteiger partial charge in [0.25, 0.3) is 10.0 Å². The van der Waals surface area contributed by atoms with Gasteiger partial charge in [0.1, 0.15) is 0 Å². The second kappa shape index (κ2) is 6.54. The van der Waals surface area contributed by atoms with E-state index in [2.05, 4.69) is 10.0 Å². The van der Waals surface area contributed by atoms with Crippen LogP contribution in [0.4, 0.5) is 5.69 Å². The molecule has 0 bridgehead atoms. The van der Waals surface area contributed by atoms with E-state index < -0.39 is 10.0 Å². The normalized spacial score (nSPS) is 11.2. The molecule has 2 aromatic rings. The first-order valence-corrected chi connectivity index (χ1v) is 7.97. The Hall–Kier alpha value is -1.85. The average Bonchev–Trinajstić information content (AvgIpc) is 2.46. The van der Waals surface area contributed by atoms with Gasteiger partial charge in [-0.15, -0.1) is 0 Å². The van der Waals surface area contributed by atoms with E-state index in [1.165, 1.54) is 0 Å². The van der Waals surface area contributed by atoms with Crippen molar-refractivity contribution in [3.63, 3.8) is 0 Å². The highest BCUT2D eigenvalue weighted by molar-refractivity contribution is 7.92. The molecule has 2 rings (SSSR count). The second-order valence-electron chi connectivity index (χ2n) is 4.40. The molecule has 0 saturated heterocycles. The molecule has 0 radical (unpaired) electrons. The maximum Gasteiger partial charge on any atom is 0.261 e. The van der Waals surface area contributed by atoms with Crippen molar-refractivity contribution in [1.82, 2.24) is 5.32 Å². The Kier molecular flexibility index (Phi) is 4.76. The molecule has 0 aliphatic carbocycles. The predicted molar refractivity (Wildman–Crippen MR) is 81.1 cm³/mol. The minimum atomic E-state index is -3.54. The number of benzene rings is 2. The van der Waals surface area contributed by atoms with Crippen LogP contribution >= 0.6 is 0 Å². The Morgan fingerprint density at radius 1 is 1.00 bits per heavy atom. The number of hydrogen-bond donors (Lipinski definition) is 2. The first-order valence-electron chi connectivity index (χ1n) is 6.49. The van der Waals surface area contributed by atoms with E-state index >= 15 is 0 Å². The Morgan fingerprint density at radius 3 is 2.45 bits per heavy atom. The summed E-state index contributed by atoms with van der Waals surface area (Å²) < 4.78 is 27.2. The van der Waals surface area contributed by atoms with Crippen molar-refractivity contribution in [2.75, 3.05) is 11.3 Å². The number of para-hydroxylation sites is 1. The zero-order valence-electron chi connectivity index (χ0n) is 11.3. The van der Waals surface area contributed by atoms with Crippen LogP contribution in [-0.2, 0) is 16.6 Å². The Labute approximate surface area is 119 Å². The third-order valence-electron chi connectivity index (χ3n) is 2.81.